The molecule has 3 rings (SSSR count). The van der Waals surface area contributed by atoms with E-state index in [1.165, 1.54) is 6.07 Å². The second-order valence-corrected chi connectivity index (χ2v) is 6.24. The van der Waals surface area contributed by atoms with Gasteiger partial charge >= 0.3 is 0 Å². The first-order valence-corrected chi connectivity index (χ1v) is 8.37. The van der Waals surface area contributed by atoms with Crippen LogP contribution in [0.15, 0.2) is 41.2 Å². The Morgan fingerprint density at radius 1 is 1.28 bits per heavy atom. The molecule has 0 unspecified atom stereocenters. The lowest BCUT2D eigenvalue weighted by Crippen LogP contribution is -2.19. The number of aromatic amines is 1. The Bertz CT molecular complexity index is 1030. The van der Waals surface area contributed by atoms with E-state index in [2.05, 4.69) is 9.97 Å². The van der Waals surface area contributed by atoms with E-state index >= 15 is 0 Å². The first-order chi connectivity index (χ1) is 11.9. The number of fused-ring (bicyclic) bond motifs is 1. The van der Waals surface area contributed by atoms with E-state index in [4.69, 9.17) is 12.2 Å². The van der Waals surface area contributed by atoms with E-state index in [1.807, 2.05) is 32.0 Å². The summed E-state index contributed by atoms with van der Waals surface area (Å²) in [6.07, 6.45) is -2.08. The number of benzene rings is 1. The third-order valence-corrected chi connectivity index (χ3v) is 4.56. The van der Waals surface area contributed by atoms with Crippen LogP contribution in [-0.4, -0.2) is 14.5 Å². The molecule has 2 heterocycles. The number of nitrogens with zero attached hydrogens (tertiary/aromatic N) is 2. The smallest absolute Gasteiger partial charge is 0.264 e. The Hall–Kier alpha value is -2.41. The third-order valence-electron chi connectivity index (χ3n) is 4.26. The van der Waals surface area contributed by atoms with E-state index in [-0.39, 0.29) is 27.4 Å². The quantitative estimate of drug-likeness (QED) is 0.663. The van der Waals surface area contributed by atoms with Crippen LogP contribution in [0.5, 0.6) is 0 Å². The first-order valence-electron chi connectivity index (χ1n) is 7.97. The van der Waals surface area contributed by atoms with Crippen molar-refractivity contribution in [1.29, 1.82) is 0 Å². The normalized spacial score (nSPS) is 12.7. The van der Waals surface area contributed by atoms with Gasteiger partial charge in [0.15, 0.2) is 4.77 Å². The SMILES string of the molecule is CC[C@H](C)n1c(=S)[nH]c(=O)c2c(C(F)F)cc(-c3ccccc3)nc21. The highest BCUT2D eigenvalue weighted by atomic mass is 32.1. The van der Waals surface area contributed by atoms with Crippen molar-refractivity contribution in [3.63, 3.8) is 0 Å². The van der Waals surface area contributed by atoms with Crippen LogP contribution in [0.2, 0.25) is 0 Å². The molecular weight excluding hydrogens is 344 g/mol. The molecule has 0 aliphatic carbocycles. The Kier molecular flexibility index (Phi) is 4.76. The van der Waals surface area contributed by atoms with Gasteiger partial charge in [-0.05, 0) is 31.6 Å². The van der Waals surface area contributed by atoms with Crippen molar-refractivity contribution in [3.8, 4) is 11.3 Å². The number of alkyl halides is 2. The summed E-state index contributed by atoms with van der Waals surface area (Å²) in [4.78, 5) is 19.3. The largest absolute Gasteiger partial charge is 0.300 e. The monoisotopic (exact) mass is 361 g/mol. The Labute approximate surface area is 148 Å². The molecule has 2 aromatic heterocycles. The van der Waals surface area contributed by atoms with Crippen molar-refractivity contribution < 1.29 is 8.78 Å². The first kappa shape index (κ1) is 17.4. The Morgan fingerprint density at radius 2 is 1.96 bits per heavy atom. The fourth-order valence-corrected chi connectivity index (χ4v) is 3.15. The minimum absolute atomic E-state index is 0.0871. The van der Waals surface area contributed by atoms with Crippen LogP contribution in [0.1, 0.15) is 38.3 Å². The zero-order valence-corrected chi connectivity index (χ0v) is 14.6. The molecule has 4 nitrogen and oxygen atoms in total. The lowest BCUT2D eigenvalue weighted by atomic mass is 10.1. The van der Waals surface area contributed by atoms with E-state index < -0.39 is 12.0 Å². The topological polar surface area (TPSA) is 50.7 Å². The van der Waals surface area contributed by atoms with Crippen molar-refractivity contribution in [3.05, 3.63) is 57.1 Å². The van der Waals surface area contributed by atoms with Gasteiger partial charge in [-0.1, -0.05) is 37.3 Å². The van der Waals surface area contributed by atoms with Crippen LogP contribution in [0.4, 0.5) is 8.78 Å². The minimum Gasteiger partial charge on any atom is -0.300 e. The van der Waals surface area contributed by atoms with Gasteiger partial charge < -0.3 is 0 Å². The zero-order chi connectivity index (χ0) is 18.1. The predicted octanol–water partition coefficient (Wildman–Crippen LogP) is 5.03. The van der Waals surface area contributed by atoms with E-state index in [1.54, 1.807) is 16.7 Å². The molecule has 7 heteroatoms. The van der Waals surface area contributed by atoms with Gasteiger partial charge in [0, 0.05) is 17.2 Å². The van der Waals surface area contributed by atoms with Gasteiger partial charge in [-0.2, -0.15) is 0 Å². The van der Waals surface area contributed by atoms with Crippen molar-refractivity contribution in [1.82, 2.24) is 14.5 Å². The summed E-state index contributed by atoms with van der Waals surface area (Å²) < 4.78 is 29.2. The van der Waals surface area contributed by atoms with E-state index in [0.717, 1.165) is 6.42 Å². The molecule has 0 amide bonds. The zero-order valence-electron chi connectivity index (χ0n) is 13.8. The molecule has 130 valence electrons. The summed E-state index contributed by atoms with van der Waals surface area (Å²) in [6, 6.07) is 10.2. The molecule has 0 aliphatic heterocycles. The summed E-state index contributed by atoms with van der Waals surface area (Å²) in [5.41, 5.74) is 0.313. The van der Waals surface area contributed by atoms with Crippen LogP contribution in [-0.2, 0) is 0 Å². The average molecular weight is 361 g/mol. The van der Waals surface area contributed by atoms with Gasteiger partial charge in [0.1, 0.15) is 5.65 Å². The number of hydrogen-bond donors (Lipinski definition) is 1. The Morgan fingerprint density at radius 3 is 2.56 bits per heavy atom. The van der Waals surface area contributed by atoms with Gasteiger partial charge in [0.2, 0.25) is 0 Å². The number of nitrogens with one attached hydrogen (secondary N) is 1. The lowest BCUT2D eigenvalue weighted by Gasteiger charge is -2.18. The minimum atomic E-state index is -2.80. The van der Waals surface area contributed by atoms with Gasteiger partial charge in [-0.15, -0.1) is 0 Å². The molecule has 0 saturated carbocycles. The lowest BCUT2D eigenvalue weighted by molar-refractivity contribution is 0.153. The van der Waals surface area contributed by atoms with Crippen molar-refractivity contribution >= 4 is 23.3 Å². The van der Waals surface area contributed by atoms with Gasteiger partial charge in [0.05, 0.1) is 11.1 Å². The summed E-state index contributed by atoms with van der Waals surface area (Å²) in [6.45, 7) is 3.87. The van der Waals surface area contributed by atoms with Gasteiger partial charge in [-0.25, -0.2) is 13.8 Å². The highest BCUT2D eigenvalue weighted by molar-refractivity contribution is 7.71. The fourth-order valence-electron chi connectivity index (χ4n) is 2.79. The number of pyridine rings is 1. The maximum atomic E-state index is 13.7. The van der Waals surface area contributed by atoms with E-state index in [0.29, 0.717) is 11.3 Å². The van der Waals surface area contributed by atoms with Crippen LogP contribution >= 0.6 is 12.2 Å². The maximum Gasteiger partial charge on any atom is 0.264 e. The number of rotatable bonds is 4. The number of H-pyrrole nitrogens is 1. The highest BCUT2D eigenvalue weighted by Gasteiger charge is 2.21. The maximum absolute atomic E-state index is 13.7. The van der Waals surface area contributed by atoms with Crippen LogP contribution in [0, 0.1) is 4.77 Å². The predicted molar refractivity (Wildman–Crippen MR) is 96.6 cm³/mol. The van der Waals surface area contributed by atoms with E-state index in [9.17, 15) is 13.6 Å². The molecular formula is C18H17F2N3OS. The highest BCUT2D eigenvalue weighted by Crippen LogP contribution is 2.30. The Balaban J connectivity index is 2.48. The van der Waals surface area contributed by atoms with Crippen molar-refractivity contribution in [2.75, 3.05) is 0 Å². The van der Waals surface area contributed by atoms with Crippen LogP contribution in [0.3, 0.4) is 0 Å². The van der Waals surface area contributed by atoms with Crippen LogP contribution < -0.4 is 5.56 Å². The molecule has 0 spiro atoms. The van der Waals surface area contributed by atoms with Crippen molar-refractivity contribution in [2.24, 2.45) is 0 Å². The number of aromatic nitrogens is 3. The molecule has 0 saturated heterocycles. The molecule has 0 fully saturated rings. The molecule has 0 aliphatic rings. The molecule has 3 aromatic rings. The van der Waals surface area contributed by atoms with Gasteiger partial charge in [-0.3, -0.25) is 14.3 Å². The molecule has 1 atom stereocenters. The second-order valence-electron chi connectivity index (χ2n) is 5.85. The molecule has 1 aromatic carbocycles. The summed E-state index contributed by atoms with van der Waals surface area (Å²) >= 11 is 5.26. The van der Waals surface area contributed by atoms with Gasteiger partial charge in [0.25, 0.3) is 12.0 Å². The summed E-state index contributed by atoms with van der Waals surface area (Å²) in [7, 11) is 0. The molecule has 1 N–H and O–H groups in total. The summed E-state index contributed by atoms with van der Waals surface area (Å²) in [5, 5.41) is -0.108. The fraction of sp³-hybridized carbons (Fsp3) is 0.278. The summed E-state index contributed by atoms with van der Waals surface area (Å²) in [5.74, 6) is 0. The average Bonchev–Trinajstić information content (AvgIpc) is 2.61. The standard InChI is InChI=1S/C18H17F2N3OS/c1-3-10(2)23-16-14(17(24)22-18(23)25)12(15(19)20)9-13(21-16)11-7-5-4-6-8-11/h4-10,15H,3H2,1-2H3,(H,22,24,25)/t10-/m0/s1. The second kappa shape index (κ2) is 6.84. The number of hydrogen-bond acceptors (Lipinski definition) is 3. The van der Waals surface area contributed by atoms with Crippen LogP contribution in [0.25, 0.3) is 22.3 Å². The van der Waals surface area contributed by atoms with Crippen molar-refractivity contribution in [2.45, 2.75) is 32.7 Å². The number of halogens is 2. The molecule has 0 radical (unpaired) electrons. The molecule has 25 heavy (non-hydrogen) atoms. The third kappa shape index (κ3) is 3.11. The molecule has 0 bridgehead atoms.